The summed E-state index contributed by atoms with van der Waals surface area (Å²) in [5, 5.41) is 9.10. The summed E-state index contributed by atoms with van der Waals surface area (Å²) in [4.78, 5) is 29.1. The lowest BCUT2D eigenvalue weighted by molar-refractivity contribution is 0.0689. The zero-order chi connectivity index (χ0) is 18.6. The van der Waals surface area contributed by atoms with Crippen LogP contribution in [0.25, 0.3) is 0 Å². The number of carbonyl (C=O) groups is 2. The Balaban J connectivity index is 2.19. The molecule has 1 aromatic carbocycles. The summed E-state index contributed by atoms with van der Waals surface area (Å²) >= 11 is 0. The SMILES string of the molecule is COc1cc(C(=O)O)nc(C(=O)N(C)C(C)Cc2ccc(F)cc2)c1. The highest BCUT2D eigenvalue weighted by molar-refractivity contribution is 5.94. The highest BCUT2D eigenvalue weighted by Gasteiger charge is 2.21. The second-order valence-corrected chi connectivity index (χ2v) is 5.68. The molecule has 1 aromatic heterocycles. The van der Waals surface area contributed by atoms with Crippen molar-refractivity contribution in [1.29, 1.82) is 0 Å². The summed E-state index contributed by atoms with van der Waals surface area (Å²) in [7, 11) is 2.99. The van der Waals surface area contributed by atoms with E-state index in [1.54, 1.807) is 19.2 Å². The number of carbonyl (C=O) groups excluding carboxylic acids is 1. The average molecular weight is 346 g/mol. The third-order valence-electron chi connectivity index (χ3n) is 3.90. The van der Waals surface area contributed by atoms with Gasteiger partial charge in [0.15, 0.2) is 5.69 Å². The van der Waals surface area contributed by atoms with Crippen LogP contribution in [0.15, 0.2) is 36.4 Å². The van der Waals surface area contributed by atoms with Crippen molar-refractivity contribution in [2.45, 2.75) is 19.4 Å². The van der Waals surface area contributed by atoms with E-state index in [2.05, 4.69) is 4.98 Å². The van der Waals surface area contributed by atoms with Crippen molar-refractivity contribution in [3.8, 4) is 5.75 Å². The molecule has 6 nitrogen and oxygen atoms in total. The predicted octanol–water partition coefficient (Wildman–Crippen LogP) is 2.63. The van der Waals surface area contributed by atoms with Gasteiger partial charge in [0.1, 0.15) is 17.3 Å². The number of carboxylic acids is 1. The maximum atomic E-state index is 13.0. The number of halogens is 1. The molecule has 0 spiro atoms. The molecule has 25 heavy (non-hydrogen) atoms. The van der Waals surface area contributed by atoms with E-state index in [-0.39, 0.29) is 29.0 Å². The van der Waals surface area contributed by atoms with Crippen LogP contribution < -0.4 is 4.74 Å². The van der Waals surface area contributed by atoms with Crippen LogP contribution >= 0.6 is 0 Å². The molecule has 132 valence electrons. The zero-order valence-corrected chi connectivity index (χ0v) is 14.2. The summed E-state index contributed by atoms with van der Waals surface area (Å²) in [5.41, 5.74) is 0.617. The minimum Gasteiger partial charge on any atom is -0.497 e. The van der Waals surface area contributed by atoms with Gasteiger partial charge in [-0.2, -0.15) is 0 Å². The quantitative estimate of drug-likeness (QED) is 0.870. The monoisotopic (exact) mass is 346 g/mol. The van der Waals surface area contributed by atoms with Gasteiger partial charge in [-0.15, -0.1) is 0 Å². The number of likely N-dealkylation sites (N-methyl/N-ethyl adjacent to an activating group) is 1. The third-order valence-corrected chi connectivity index (χ3v) is 3.90. The molecular weight excluding hydrogens is 327 g/mol. The van der Waals surface area contributed by atoms with Crippen LogP contribution in [0.1, 0.15) is 33.5 Å². The number of aromatic nitrogens is 1. The van der Waals surface area contributed by atoms with Gasteiger partial charge in [0.2, 0.25) is 0 Å². The largest absolute Gasteiger partial charge is 0.497 e. The molecule has 0 radical (unpaired) electrons. The number of hydrogen-bond acceptors (Lipinski definition) is 4. The first-order chi connectivity index (χ1) is 11.8. The Morgan fingerprint density at radius 2 is 1.84 bits per heavy atom. The Labute approximate surface area is 144 Å². The highest BCUT2D eigenvalue weighted by atomic mass is 19.1. The molecule has 1 heterocycles. The van der Waals surface area contributed by atoms with Gasteiger partial charge in [-0.25, -0.2) is 14.2 Å². The van der Waals surface area contributed by atoms with Crippen molar-refractivity contribution in [3.63, 3.8) is 0 Å². The Bertz CT molecular complexity index is 777. The van der Waals surface area contributed by atoms with E-state index in [9.17, 15) is 14.0 Å². The van der Waals surface area contributed by atoms with Gasteiger partial charge in [-0.05, 0) is 31.0 Å². The van der Waals surface area contributed by atoms with Gasteiger partial charge in [0.25, 0.3) is 5.91 Å². The Hall–Kier alpha value is -2.96. The van der Waals surface area contributed by atoms with Crippen LogP contribution in [0, 0.1) is 5.82 Å². The molecule has 2 aromatic rings. The molecule has 7 heteroatoms. The molecular formula is C18H19FN2O4. The first-order valence-electron chi connectivity index (χ1n) is 7.62. The zero-order valence-electron chi connectivity index (χ0n) is 14.2. The normalized spacial score (nSPS) is 11.7. The minimum atomic E-state index is -1.24. The molecule has 0 saturated carbocycles. The second-order valence-electron chi connectivity index (χ2n) is 5.68. The molecule has 0 aliphatic heterocycles. The standard InChI is InChI=1S/C18H19FN2O4/c1-11(8-12-4-6-13(19)7-5-12)21(2)17(22)15-9-14(25-3)10-16(20-15)18(23)24/h4-7,9-11H,8H2,1-3H3,(H,23,24). The van der Waals surface area contributed by atoms with Crippen LogP contribution in [0.3, 0.4) is 0 Å². The molecule has 0 bridgehead atoms. The molecule has 0 fully saturated rings. The lowest BCUT2D eigenvalue weighted by Crippen LogP contribution is -2.37. The molecule has 0 aliphatic rings. The number of methoxy groups -OCH3 is 1. The summed E-state index contributed by atoms with van der Waals surface area (Å²) in [6.45, 7) is 1.85. The van der Waals surface area contributed by atoms with Crippen LogP contribution in [-0.2, 0) is 6.42 Å². The lowest BCUT2D eigenvalue weighted by atomic mass is 10.1. The number of nitrogens with zero attached hydrogens (tertiary/aromatic N) is 2. The number of aromatic carboxylic acids is 1. The number of ether oxygens (including phenoxy) is 1. The van der Waals surface area contributed by atoms with Crippen molar-refractivity contribution < 1.29 is 23.8 Å². The van der Waals surface area contributed by atoms with Crippen LogP contribution in [0.5, 0.6) is 5.75 Å². The Kier molecular flexibility index (Phi) is 5.69. The van der Waals surface area contributed by atoms with E-state index in [1.807, 2.05) is 6.92 Å². The van der Waals surface area contributed by atoms with Crippen LogP contribution in [0.4, 0.5) is 4.39 Å². The van der Waals surface area contributed by atoms with Crippen molar-refractivity contribution >= 4 is 11.9 Å². The summed E-state index contributed by atoms with van der Waals surface area (Å²) < 4.78 is 18.0. The highest BCUT2D eigenvalue weighted by Crippen LogP contribution is 2.17. The minimum absolute atomic E-state index is 0.00907. The third kappa shape index (κ3) is 4.53. The number of rotatable bonds is 6. The van der Waals surface area contributed by atoms with E-state index in [4.69, 9.17) is 9.84 Å². The maximum absolute atomic E-state index is 13.0. The van der Waals surface area contributed by atoms with E-state index in [0.29, 0.717) is 6.42 Å². The van der Waals surface area contributed by atoms with Crippen molar-refractivity contribution in [2.24, 2.45) is 0 Å². The first kappa shape index (κ1) is 18.4. The summed E-state index contributed by atoms with van der Waals surface area (Å²) in [6.07, 6.45) is 0.526. The van der Waals surface area contributed by atoms with Gasteiger partial charge in [-0.1, -0.05) is 12.1 Å². The van der Waals surface area contributed by atoms with Crippen LogP contribution in [-0.4, -0.2) is 47.1 Å². The van der Waals surface area contributed by atoms with Gasteiger partial charge in [0, 0.05) is 25.2 Å². The summed E-state index contributed by atoms with van der Waals surface area (Å²) in [5.74, 6) is -1.73. The fraction of sp³-hybridized carbons (Fsp3) is 0.278. The molecule has 2 rings (SSSR count). The molecule has 1 atom stereocenters. The maximum Gasteiger partial charge on any atom is 0.354 e. The number of benzene rings is 1. The number of carboxylic acid groups (broad SMARTS) is 1. The fourth-order valence-electron chi connectivity index (χ4n) is 2.32. The van der Waals surface area contributed by atoms with Gasteiger partial charge in [-0.3, -0.25) is 4.79 Å². The topological polar surface area (TPSA) is 79.7 Å². The van der Waals surface area contributed by atoms with Crippen molar-refractivity contribution in [1.82, 2.24) is 9.88 Å². The smallest absolute Gasteiger partial charge is 0.354 e. The van der Waals surface area contributed by atoms with Crippen molar-refractivity contribution in [3.05, 3.63) is 59.2 Å². The van der Waals surface area contributed by atoms with E-state index >= 15 is 0 Å². The van der Waals surface area contributed by atoms with E-state index in [0.717, 1.165) is 5.56 Å². The molecule has 1 N–H and O–H groups in total. The molecule has 0 saturated heterocycles. The average Bonchev–Trinajstić information content (AvgIpc) is 2.61. The number of amides is 1. The second kappa shape index (κ2) is 7.74. The van der Waals surface area contributed by atoms with Gasteiger partial charge < -0.3 is 14.7 Å². The summed E-state index contributed by atoms with van der Waals surface area (Å²) in [6, 6.07) is 8.52. The Morgan fingerprint density at radius 1 is 1.24 bits per heavy atom. The number of pyridine rings is 1. The lowest BCUT2D eigenvalue weighted by Gasteiger charge is -2.25. The van der Waals surface area contributed by atoms with Gasteiger partial charge >= 0.3 is 5.97 Å². The van der Waals surface area contributed by atoms with Gasteiger partial charge in [0.05, 0.1) is 7.11 Å². The van der Waals surface area contributed by atoms with Crippen molar-refractivity contribution in [2.75, 3.05) is 14.2 Å². The number of hydrogen-bond donors (Lipinski definition) is 1. The predicted molar refractivity (Wildman–Crippen MR) is 89.4 cm³/mol. The Morgan fingerprint density at radius 3 is 2.40 bits per heavy atom. The van der Waals surface area contributed by atoms with E-state index in [1.165, 1.54) is 36.3 Å². The molecule has 1 amide bonds. The molecule has 0 aliphatic carbocycles. The molecule has 1 unspecified atom stereocenters. The van der Waals surface area contributed by atoms with Crippen LogP contribution in [0.2, 0.25) is 0 Å². The van der Waals surface area contributed by atoms with E-state index < -0.39 is 11.9 Å². The first-order valence-corrected chi connectivity index (χ1v) is 7.62. The fourth-order valence-corrected chi connectivity index (χ4v) is 2.32.